The summed E-state index contributed by atoms with van der Waals surface area (Å²) in [5.74, 6) is 0.908. The molecule has 2 aromatic rings. The van der Waals surface area contributed by atoms with Gasteiger partial charge in [-0.05, 0) is 67.1 Å². The Bertz CT molecular complexity index is 928. The third-order valence-electron chi connectivity index (χ3n) is 4.04. The summed E-state index contributed by atoms with van der Waals surface area (Å²) in [4.78, 5) is 25.8. The number of rotatable bonds is 7. The number of amides is 2. The molecule has 1 aliphatic heterocycles. The second-order valence-electron chi connectivity index (χ2n) is 5.98. The van der Waals surface area contributed by atoms with Gasteiger partial charge < -0.3 is 9.47 Å². The molecule has 28 heavy (non-hydrogen) atoms. The summed E-state index contributed by atoms with van der Waals surface area (Å²) in [5, 5.41) is 0.410. The van der Waals surface area contributed by atoms with Crippen molar-refractivity contribution in [2.24, 2.45) is 0 Å². The highest BCUT2D eigenvalue weighted by atomic mass is 35.5. The van der Waals surface area contributed by atoms with Gasteiger partial charge in [-0.15, -0.1) is 0 Å². The van der Waals surface area contributed by atoms with Gasteiger partial charge in [0, 0.05) is 11.6 Å². The first-order valence-electron chi connectivity index (χ1n) is 8.91. The molecule has 7 heteroatoms. The molecular formula is C21H20ClNO4S. The fraction of sp³-hybridized carbons (Fsp3) is 0.238. The summed E-state index contributed by atoms with van der Waals surface area (Å²) in [6, 6.07) is 12.9. The smallest absolute Gasteiger partial charge is 0.293 e. The predicted molar refractivity (Wildman–Crippen MR) is 112 cm³/mol. The van der Waals surface area contributed by atoms with Gasteiger partial charge in [-0.1, -0.05) is 29.8 Å². The number of hydrogen-bond acceptors (Lipinski definition) is 5. The Balaban J connectivity index is 1.80. The topological polar surface area (TPSA) is 55.8 Å². The van der Waals surface area contributed by atoms with E-state index in [1.54, 1.807) is 25.1 Å². The molecule has 2 aromatic carbocycles. The van der Waals surface area contributed by atoms with Crippen LogP contribution in [0, 0.1) is 0 Å². The van der Waals surface area contributed by atoms with Gasteiger partial charge >= 0.3 is 0 Å². The fourth-order valence-electron chi connectivity index (χ4n) is 2.71. The maximum absolute atomic E-state index is 12.3. The molecule has 0 aromatic heterocycles. The Morgan fingerprint density at radius 3 is 2.57 bits per heavy atom. The maximum Gasteiger partial charge on any atom is 0.293 e. The average Bonchev–Trinajstić information content (AvgIpc) is 2.94. The van der Waals surface area contributed by atoms with Gasteiger partial charge in [0.15, 0.2) is 11.5 Å². The average molecular weight is 418 g/mol. The minimum atomic E-state index is -0.267. The lowest BCUT2D eigenvalue weighted by Crippen LogP contribution is -2.27. The van der Waals surface area contributed by atoms with E-state index in [1.165, 1.54) is 4.90 Å². The highest BCUT2D eigenvalue weighted by Gasteiger charge is 2.33. The second-order valence-corrected chi connectivity index (χ2v) is 7.41. The van der Waals surface area contributed by atoms with Crippen molar-refractivity contribution in [3.05, 3.63) is 63.5 Å². The Kier molecular flexibility index (Phi) is 6.65. The van der Waals surface area contributed by atoms with Crippen molar-refractivity contribution in [3.63, 3.8) is 0 Å². The van der Waals surface area contributed by atoms with Gasteiger partial charge in [-0.2, -0.15) is 0 Å². The molecule has 0 aliphatic carbocycles. The maximum atomic E-state index is 12.3. The number of carbonyl (C=O) groups excluding carboxylic acids is 2. The Hall–Kier alpha value is -2.44. The first-order chi connectivity index (χ1) is 13.5. The van der Waals surface area contributed by atoms with Crippen LogP contribution < -0.4 is 9.47 Å². The van der Waals surface area contributed by atoms with Gasteiger partial charge in [-0.25, -0.2) is 0 Å². The summed E-state index contributed by atoms with van der Waals surface area (Å²) in [6.07, 6.45) is 1.70. The molecule has 146 valence electrons. The van der Waals surface area contributed by atoms with Gasteiger partial charge in [-0.3, -0.25) is 14.5 Å². The fourth-order valence-corrected chi connectivity index (χ4v) is 3.83. The number of hydrogen-bond donors (Lipinski definition) is 0. The van der Waals surface area contributed by atoms with E-state index in [0.717, 1.165) is 22.9 Å². The molecule has 1 fully saturated rings. The second kappa shape index (κ2) is 9.17. The van der Waals surface area contributed by atoms with Crippen LogP contribution in [0.5, 0.6) is 11.5 Å². The van der Waals surface area contributed by atoms with Crippen molar-refractivity contribution in [3.8, 4) is 11.5 Å². The quantitative estimate of drug-likeness (QED) is 0.566. The minimum absolute atomic E-state index is 0.245. The summed E-state index contributed by atoms with van der Waals surface area (Å²) < 4.78 is 11.6. The number of benzene rings is 2. The molecule has 0 bridgehead atoms. The predicted octanol–water partition coefficient (Wildman–Crippen LogP) is 5.37. The van der Waals surface area contributed by atoms with Crippen LogP contribution in [0.4, 0.5) is 4.79 Å². The molecule has 0 radical (unpaired) electrons. The molecule has 0 saturated carbocycles. The van der Waals surface area contributed by atoms with Crippen molar-refractivity contribution >= 4 is 40.6 Å². The van der Waals surface area contributed by atoms with Crippen LogP contribution in [0.2, 0.25) is 5.02 Å². The van der Waals surface area contributed by atoms with E-state index in [1.807, 2.05) is 37.3 Å². The number of thioether (sulfide) groups is 1. The number of carbonyl (C=O) groups is 2. The van der Waals surface area contributed by atoms with Crippen molar-refractivity contribution in [2.75, 3.05) is 13.2 Å². The monoisotopic (exact) mass is 417 g/mol. The zero-order valence-corrected chi connectivity index (χ0v) is 17.2. The number of ether oxygens (including phenoxy) is 2. The number of likely N-dealkylation sites (N-methyl/N-ethyl adjacent to an activating group) is 1. The lowest BCUT2D eigenvalue weighted by Gasteiger charge is -2.13. The zero-order chi connectivity index (χ0) is 20.1. The Morgan fingerprint density at radius 1 is 1.07 bits per heavy atom. The first-order valence-corrected chi connectivity index (χ1v) is 10.1. The third-order valence-corrected chi connectivity index (χ3v) is 5.18. The van der Waals surface area contributed by atoms with Crippen LogP contribution in [0.1, 0.15) is 25.0 Å². The molecule has 1 aliphatic rings. The van der Waals surface area contributed by atoms with E-state index >= 15 is 0 Å². The minimum Gasteiger partial charge on any atom is -0.490 e. The van der Waals surface area contributed by atoms with Crippen molar-refractivity contribution in [1.82, 2.24) is 4.90 Å². The molecule has 2 amide bonds. The molecule has 0 unspecified atom stereocenters. The van der Waals surface area contributed by atoms with Crippen LogP contribution in [0.15, 0.2) is 47.4 Å². The third kappa shape index (κ3) is 4.69. The van der Waals surface area contributed by atoms with E-state index in [4.69, 9.17) is 21.1 Å². The molecule has 0 N–H and O–H groups in total. The largest absolute Gasteiger partial charge is 0.490 e. The Morgan fingerprint density at radius 2 is 1.89 bits per heavy atom. The van der Waals surface area contributed by atoms with Crippen LogP contribution in [-0.4, -0.2) is 29.2 Å². The van der Waals surface area contributed by atoms with E-state index < -0.39 is 0 Å². The van der Waals surface area contributed by atoms with Crippen LogP contribution >= 0.6 is 23.4 Å². The van der Waals surface area contributed by atoms with Crippen molar-refractivity contribution in [2.45, 2.75) is 20.5 Å². The van der Waals surface area contributed by atoms with Gasteiger partial charge in [0.25, 0.3) is 11.1 Å². The molecular weight excluding hydrogens is 398 g/mol. The van der Waals surface area contributed by atoms with Gasteiger partial charge in [0.2, 0.25) is 0 Å². The van der Waals surface area contributed by atoms with E-state index in [2.05, 4.69) is 0 Å². The first kappa shape index (κ1) is 20.3. The summed E-state index contributed by atoms with van der Waals surface area (Å²) in [7, 11) is 0. The van der Waals surface area contributed by atoms with E-state index in [-0.39, 0.29) is 11.1 Å². The number of nitrogens with zero attached hydrogens (tertiary/aromatic N) is 1. The normalized spacial score (nSPS) is 15.4. The molecule has 1 saturated heterocycles. The zero-order valence-electron chi connectivity index (χ0n) is 15.6. The molecule has 1 heterocycles. The lowest BCUT2D eigenvalue weighted by molar-refractivity contribution is -0.122. The number of halogens is 1. The summed E-state index contributed by atoms with van der Waals surface area (Å²) in [5.41, 5.74) is 1.72. The standard InChI is InChI=1S/C21H20ClNO4S/c1-3-23-20(24)19(28-21(23)25)12-14-8-9-17(18(11-14)26-4-2)27-13-15-6-5-7-16(22)10-15/h5-12H,3-4,13H2,1-2H3. The lowest BCUT2D eigenvalue weighted by atomic mass is 10.1. The SMILES string of the molecule is CCOc1cc(C=C2SC(=O)N(CC)C2=O)ccc1OCc1cccc(Cl)c1. The highest BCUT2D eigenvalue weighted by molar-refractivity contribution is 8.18. The molecule has 0 atom stereocenters. The van der Waals surface area contributed by atoms with Crippen molar-refractivity contribution in [1.29, 1.82) is 0 Å². The molecule has 5 nitrogen and oxygen atoms in total. The molecule has 3 rings (SSSR count). The van der Waals surface area contributed by atoms with Crippen LogP contribution in [0.25, 0.3) is 6.08 Å². The van der Waals surface area contributed by atoms with Gasteiger partial charge in [0.1, 0.15) is 6.61 Å². The summed E-state index contributed by atoms with van der Waals surface area (Å²) >= 11 is 6.96. The van der Waals surface area contributed by atoms with E-state index in [9.17, 15) is 9.59 Å². The Labute approximate surface area is 173 Å². The van der Waals surface area contributed by atoms with Crippen LogP contribution in [-0.2, 0) is 11.4 Å². The molecule has 0 spiro atoms. The number of imide groups is 1. The van der Waals surface area contributed by atoms with Gasteiger partial charge in [0.05, 0.1) is 11.5 Å². The highest BCUT2D eigenvalue weighted by Crippen LogP contribution is 2.34. The summed E-state index contributed by atoms with van der Waals surface area (Å²) in [6.45, 7) is 4.86. The van der Waals surface area contributed by atoms with Crippen molar-refractivity contribution < 1.29 is 19.1 Å². The van der Waals surface area contributed by atoms with Crippen LogP contribution in [0.3, 0.4) is 0 Å². The van der Waals surface area contributed by atoms with E-state index in [0.29, 0.717) is 41.2 Å².